The van der Waals surface area contributed by atoms with Gasteiger partial charge < -0.3 is 9.15 Å². The van der Waals surface area contributed by atoms with Crippen LogP contribution in [0.3, 0.4) is 0 Å². The van der Waals surface area contributed by atoms with Crippen molar-refractivity contribution in [2.45, 2.75) is 27.3 Å². The lowest BCUT2D eigenvalue weighted by Gasteiger charge is -2.22. The molecule has 0 aromatic carbocycles. The minimum Gasteiger partial charge on any atom is -0.468 e. The molecule has 1 atom stereocenters. The second-order valence-corrected chi connectivity index (χ2v) is 4.06. The number of esters is 1. The van der Waals surface area contributed by atoms with Crippen molar-refractivity contribution in [3.63, 3.8) is 0 Å². The molecule has 1 heterocycles. The summed E-state index contributed by atoms with van der Waals surface area (Å²) < 4.78 is 10.3. The Kier molecular flexibility index (Phi) is 5.77. The molecule has 4 heteroatoms. The highest BCUT2D eigenvalue weighted by atomic mass is 16.5. The summed E-state index contributed by atoms with van der Waals surface area (Å²) in [5.74, 6) is 0.679. The average Bonchev–Trinajstić information content (AvgIpc) is 2.81. The third-order valence-electron chi connectivity index (χ3n) is 2.63. The summed E-state index contributed by atoms with van der Waals surface area (Å²) in [6.07, 6.45) is 1.66. The number of carbonyl (C=O) groups excluding carboxylic acids is 1. The topological polar surface area (TPSA) is 42.7 Å². The summed E-state index contributed by atoms with van der Waals surface area (Å²) in [5, 5.41) is 0. The van der Waals surface area contributed by atoms with Crippen LogP contribution in [0.25, 0.3) is 0 Å². The van der Waals surface area contributed by atoms with Crippen LogP contribution >= 0.6 is 0 Å². The number of carbonyl (C=O) groups is 1. The van der Waals surface area contributed by atoms with Crippen LogP contribution in [0.5, 0.6) is 0 Å². The number of hydrogen-bond donors (Lipinski definition) is 0. The zero-order valence-corrected chi connectivity index (χ0v) is 10.8. The van der Waals surface area contributed by atoms with Gasteiger partial charge in [0.05, 0.1) is 25.3 Å². The van der Waals surface area contributed by atoms with E-state index < -0.39 is 0 Å². The van der Waals surface area contributed by atoms with Crippen molar-refractivity contribution in [1.82, 2.24) is 4.90 Å². The first-order valence-electron chi connectivity index (χ1n) is 6.08. The molecule has 0 bridgehead atoms. The number of furan rings is 1. The van der Waals surface area contributed by atoms with Crippen molar-refractivity contribution in [1.29, 1.82) is 0 Å². The van der Waals surface area contributed by atoms with Gasteiger partial charge in [0.15, 0.2) is 0 Å². The van der Waals surface area contributed by atoms with Crippen LogP contribution in [-0.4, -0.2) is 30.6 Å². The Morgan fingerprint density at radius 2 is 2.29 bits per heavy atom. The van der Waals surface area contributed by atoms with Gasteiger partial charge in [0, 0.05) is 6.54 Å². The van der Waals surface area contributed by atoms with E-state index in [-0.39, 0.29) is 11.9 Å². The molecule has 0 aliphatic rings. The molecule has 0 saturated carbocycles. The third-order valence-corrected chi connectivity index (χ3v) is 2.63. The Hall–Kier alpha value is -1.29. The van der Waals surface area contributed by atoms with E-state index >= 15 is 0 Å². The van der Waals surface area contributed by atoms with Crippen LogP contribution in [0.1, 0.15) is 26.5 Å². The van der Waals surface area contributed by atoms with Gasteiger partial charge in [-0.1, -0.05) is 13.8 Å². The summed E-state index contributed by atoms with van der Waals surface area (Å²) in [7, 11) is 0. The molecule has 0 fully saturated rings. The first-order valence-corrected chi connectivity index (χ1v) is 6.08. The standard InChI is InChI=1S/C13H21NO3/c1-4-14(10-12-7-6-8-17-12)9-11(3)13(15)16-5-2/h6-8,11H,4-5,9-10H2,1-3H3. The monoisotopic (exact) mass is 239 g/mol. The zero-order chi connectivity index (χ0) is 12.7. The highest BCUT2D eigenvalue weighted by Gasteiger charge is 2.17. The van der Waals surface area contributed by atoms with Crippen molar-refractivity contribution in [3.05, 3.63) is 24.2 Å². The highest BCUT2D eigenvalue weighted by Crippen LogP contribution is 2.09. The largest absolute Gasteiger partial charge is 0.468 e. The first kappa shape index (κ1) is 13.8. The van der Waals surface area contributed by atoms with Crippen LogP contribution in [0.15, 0.2) is 22.8 Å². The fraction of sp³-hybridized carbons (Fsp3) is 0.615. The van der Waals surface area contributed by atoms with Crippen LogP contribution in [0.4, 0.5) is 0 Å². The van der Waals surface area contributed by atoms with Gasteiger partial charge in [-0.2, -0.15) is 0 Å². The van der Waals surface area contributed by atoms with Crippen molar-refractivity contribution in [2.24, 2.45) is 5.92 Å². The predicted molar refractivity (Wildman–Crippen MR) is 65.5 cm³/mol. The number of rotatable bonds is 7. The van der Waals surface area contributed by atoms with E-state index in [4.69, 9.17) is 9.15 Å². The Morgan fingerprint density at radius 3 is 2.82 bits per heavy atom. The van der Waals surface area contributed by atoms with E-state index in [1.807, 2.05) is 26.0 Å². The molecule has 1 unspecified atom stereocenters. The van der Waals surface area contributed by atoms with E-state index in [1.165, 1.54) is 0 Å². The Morgan fingerprint density at radius 1 is 1.53 bits per heavy atom. The van der Waals surface area contributed by atoms with Gasteiger partial charge in [-0.05, 0) is 25.6 Å². The van der Waals surface area contributed by atoms with E-state index in [9.17, 15) is 4.79 Å². The molecule has 1 rings (SSSR count). The lowest BCUT2D eigenvalue weighted by atomic mass is 10.1. The van der Waals surface area contributed by atoms with Gasteiger partial charge in [-0.15, -0.1) is 0 Å². The second kappa shape index (κ2) is 7.12. The molecule has 1 aromatic rings. The van der Waals surface area contributed by atoms with Gasteiger partial charge in [0.1, 0.15) is 5.76 Å². The summed E-state index contributed by atoms with van der Waals surface area (Å²) in [4.78, 5) is 13.7. The normalized spacial score (nSPS) is 12.7. The summed E-state index contributed by atoms with van der Waals surface area (Å²) >= 11 is 0. The number of ether oxygens (including phenoxy) is 1. The molecule has 0 spiro atoms. The SMILES string of the molecule is CCOC(=O)C(C)CN(CC)Cc1ccco1. The van der Waals surface area contributed by atoms with E-state index in [1.54, 1.807) is 6.26 Å². The molecule has 0 radical (unpaired) electrons. The van der Waals surface area contributed by atoms with E-state index in [0.717, 1.165) is 18.8 Å². The maximum Gasteiger partial charge on any atom is 0.309 e. The molecule has 0 amide bonds. The van der Waals surface area contributed by atoms with E-state index in [0.29, 0.717) is 13.2 Å². The van der Waals surface area contributed by atoms with Crippen molar-refractivity contribution in [2.75, 3.05) is 19.7 Å². The number of nitrogens with zero attached hydrogens (tertiary/aromatic N) is 1. The number of hydrogen-bond acceptors (Lipinski definition) is 4. The molecule has 0 aliphatic heterocycles. The Labute approximate surface area is 103 Å². The lowest BCUT2D eigenvalue weighted by molar-refractivity contribution is -0.148. The summed E-state index contributed by atoms with van der Waals surface area (Å²) in [5.41, 5.74) is 0. The van der Waals surface area contributed by atoms with Crippen LogP contribution < -0.4 is 0 Å². The van der Waals surface area contributed by atoms with Gasteiger partial charge in [-0.3, -0.25) is 9.69 Å². The smallest absolute Gasteiger partial charge is 0.309 e. The Balaban J connectivity index is 2.43. The van der Waals surface area contributed by atoms with Gasteiger partial charge in [0.25, 0.3) is 0 Å². The van der Waals surface area contributed by atoms with Crippen molar-refractivity contribution in [3.8, 4) is 0 Å². The summed E-state index contributed by atoms with van der Waals surface area (Å²) in [6, 6.07) is 3.82. The first-order chi connectivity index (χ1) is 8.17. The second-order valence-electron chi connectivity index (χ2n) is 4.06. The molecule has 0 aliphatic carbocycles. The van der Waals surface area contributed by atoms with Gasteiger partial charge in [0.2, 0.25) is 0 Å². The molecule has 17 heavy (non-hydrogen) atoms. The van der Waals surface area contributed by atoms with Gasteiger partial charge >= 0.3 is 5.97 Å². The molecule has 1 aromatic heterocycles. The Bertz CT molecular complexity index is 321. The molecule has 0 saturated heterocycles. The molecule has 96 valence electrons. The van der Waals surface area contributed by atoms with Crippen LogP contribution in [0.2, 0.25) is 0 Å². The fourth-order valence-corrected chi connectivity index (χ4v) is 1.67. The van der Waals surface area contributed by atoms with E-state index in [2.05, 4.69) is 11.8 Å². The van der Waals surface area contributed by atoms with Crippen molar-refractivity contribution < 1.29 is 13.9 Å². The molecular formula is C13H21NO3. The third kappa shape index (κ3) is 4.61. The highest BCUT2D eigenvalue weighted by molar-refractivity contribution is 5.72. The minimum atomic E-state index is -0.134. The molecule has 4 nitrogen and oxygen atoms in total. The molecular weight excluding hydrogens is 218 g/mol. The molecule has 0 N–H and O–H groups in total. The zero-order valence-electron chi connectivity index (χ0n) is 10.8. The van der Waals surface area contributed by atoms with Crippen LogP contribution in [0, 0.1) is 5.92 Å². The van der Waals surface area contributed by atoms with Gasteiger partial charge in [-0.25, -0.2) is 0 Å². The maximum atomic E-state index is 11.5. The lowest BCUT2D eigenvalue weighted by Crippen LogP contribution is -2.32. The fourth-order valence-electron chi connectivity index (χ4n) is 1.67. The summed E-state index contributed by atoms with van der Waals surface area (Å²) in [6.45, 7) is 8.52. The van der Waals surface area contributed by atoms with Crippen molar-refractivity contribution >= 4 is 5.97 Å². The minimum absolute atomic E-state index is 0.107. The average molecular weight is 239 g/mol. The van der Waals surface area contributed by atoms with Crippen LogP contribution in [-0.2, 0) is 16.1 Å². The quantitative estimate of drug-likeness (QED) is 0.685. The predicted octanol–water partition coefficient (Wildman–Crippen LogP) is 2.30. The maximum absolute atomic E-state index is 11.5.